The maximum Gasteiger partial charge on any atom is 0.354 e. The highest BCUT2D eigenvalue weighted by Crippen LogP contribution is 2.28. The molecule has 2 aliphatic rings. The van der Waals surface area contributed by atoms with Gasteiger partial charge in [0.15, 0.2) is 0 Å². The van der Waals surface area contributed by atoms with Crippen LogP contribution in [0.1, 0.15) is 62.4 Å². The Morgan fingerprint density at radius 2 is 1.89 bits per heavy atom. The molecule has 8 nitrogen and oxygen atoms in total. The van der Waals surface area contributed by atoms with Crippen LogP contribution < -0.4 is 5.32 Å². The minimum atomic E-state index is -3.88. The average molecular weight is 412 g/mol. The molecular formula is C19H29N3O5S. The van der Waals surface area contributed by atoms with Crippen molar-refractivity contribution in [3.8, 4) is 0 Å². The topological polar surface area (TPSA) is 97.7 Å². The number of esters is 1. The van der Waals surface area contributed by atoms with Gasteiger partial charge in [-0.15, -0.1) is 0 Å². The second kappa shape index (κ2) is 8.65. The van der Waals surface area contributed by atoms with Crippen molar-refractivity contribution in [2.24, 2.45) is 7.05 Å². The highest BCUT2D eigenvalue weighted by atomic mass is 32.2. The Hall–Kier alpha value is -1.87. The van der Waals surface area contributed by atoms with E-state index in [1.165, 1.54) is 27.6 Å². The standard InChI is InChI=1S/C19H29N3O5S/c1-3-27-19(24)17-12-15(13-21(17)2)28(25,26)22-11-7-10-16(22)18(23)20-14-8-5-4-6-9-14/h12-14,16H,3-11H2,1-2H3,(H,20,23). The summed E-state index contributed by atoms with van der Waals surface area (Å²) in [7, 11) is -2.28. The summed E-state index contributed by atoms with van der Waals surface area (Å²) >= 11 is 0. The van der Waals surface area contributed by atoms with Crippen LogP contribution in [0, 0.1) is 0 Å². The number of carbonyl (C=O) groups excluding carboxylic acids is 2. The summed E-state index contributed by atoms with van der Waals surface area (Å²) in [6.45, 7) is 2.20. The zero-order valence-corrected chi connectivity index (χ0v) is 17.3. The Morgan fingerprint density at radius 3 is 2.57 bits per heavy atom. The lowest BCUT2D eigenvalue weighted by Crippen LogP contribution is -2.49. The van der Waals surface area contributed by atoms with E-state index in [9.17, 15) is 18.0 Å². The molecule has 1 saturated carbocycles. The van der Waals surface area contributed by atoms with Gasteiger partial charge in [0, 0.05) is 25.8 Å². The lowest BCUT2D eigenvalue weighted by molar-refractivity contribution is -0.125. The molecule has 9 heteroatoms. The van der Waals surface area contributed by atoms with Crippen LogP contribution in [0.2, 0.25) is 0 Å². The molecule has 1 aliphatic carbocycles. The summed E-state index contributed by atoms with van der Waals surface area (Å²) in [5, 5.41) is 3.04. The third kappa shape index (κ3) is 4.25. The Kier molecular flexibility index (Phi) is 6.44. The van der Waals surface area contributed by atoms with Crippen molar-refractivity contribution in [1.29, 1.82) is 0 Å². The first-order valence-electron chi connectivity index (χ1n) is 10.00. The number of hydrogen-bond donors (Lipinski definition) is 1. The van der Waals surface area contributed by atoms with Crippen LogP contribution in [0.3, 0.4) is 0 Å². The van der Waals surface area contributed by atoms with Crippen molar-refractivity contribution in [3.63, 3.8) is 0 Å². The molecule has 1 unspecified atom stereocenters. The van der Waals surface area contributed by atoms with Gasteiger partial charge in [0.05, 0.1) is 6.61 Å². The van der Waals surface area contributed by atoms with E-state index in [0.717, 1.165) is 25.7 Å². The number of aromatic nitrogens is 1. The van der Waals surface area contributed by atoms with Crippen molar-refractivity contribution in [1.82, 2.24) is 14.2 Å². The molecule has 156 valence electrons. The van der Waals surface area contributed by atoms with E-state index < -0.39 is 22.0 Å². The summed E-state index contributed by atoms with van der Waals surface area (Å²) in [6.07, 6.45) is 7.83. The number of ether oxygens (including phenoxy) is 1. The number of amides is 1. The van der Waals surface area contributed by atoms with Crippen LogP contribution in [-0.2, 0) is 26.6 Å². The number of aryl methyl sites for hydroxylation is 1. The molecule has 1 aromatic rings. The van der Waals surface area contributed by atoms with E-state index in [4.69, 9.17) is 4.74 Å². The predicted octanol–water partition coefficient (Wildman–Crippen LogP) is 1.80. The number of nitrogens with one attached hydrogen (secondary N) is 1. The van der Waals surface area contributed by atoms with Gasteiger partial charge < -0.3 is 14.6 Å². The van der Waals surface area contributed by atoms with Crippen LogP contribution >= 0.6 is 0 Å². The Morgan fingerprint density at radius 1 is 1.18 bits per heavy atom. The summed E-state index contributed by atoms with van der Waals surface area (Å²) in [5.41, 5.74) is 0.169. The van der Waals surface area contributed by atoms with Gasteiger partial charge >= 0.3 is 5.97 Å². The smallest absolute Gasteiger partial charge is 0.354 e. The molecule has 3 rings (SSSR count). The zero-order valence-electron chi connectivity index (χ0n) is 16.5. The first kappa shape index (κ1) is 20.9. The summed E-state index contributed by atoms with van der Waals surface area (Å²) in [4.78, 5) is 24.8. The molecule has 28 heavy (non-hydrogen) atoms. The minimum absolute atomic E-state index is 0.00965. The van der Waals surface area contributed by atoms with E-state index in [2.05, 4.69) is 5.32 Å². The number of rotatable bonds is 6. The van der Waals surface area contributed by atoms with Crippen LogP contribution in [0.15, 0.2) is 17.2 Å². The SMILES string of the molecule is CCOC(=O)c1cc(S(=O)(=O)N2CCCC2C(=O)NC2CCCCC2)cn1C. The molecule has 0 spiro atoms. The van der Waals surface area contributed by atoms with Gasteiger partial charge in [-0.25, -0.2) is 13.2 Å². The Labute approximate surface area is 166 Å². The van der Waals surface area contributed by atoms with Gasteiger partial charge in [-0.2, -0.15) is 4.31 Å². The number of carbonyl (C=O) groups is 2. The molecule has 2 fully saturated rings. The fourth-order valence-corrected chi connectivity index (χ4v) is 5.78. The second-order valence-corrected chi connectivity index (χ2v) is 9.40. The Balaban J connectivity index is 1.77. The molecule has 0 radical (unpaired) electrons. The largest absolute Gasteiger partial charge is 0.461 e. The van der Waals surface area contributed by atoms with Crippen LogP contribution in [0.25, 0.3) is 0 Å². The first-order valence-corrected chi connectivity index (χ1v) is 11.4. The number of hydrogen-bond acceptors (Lipinski definition) is 5. The third-order valence-corrected chi connectivity index (χ3v) is 7.40. The van der Waals surface area contributed by atoms with Gasteiger partial charge in [-0.1, -0.05) is 19.3 Å². The maximum atomic E-state index is 13.2. The van der Waals surface area contributed by atoms with Crippen molar-refractivity contribution in [2.45, 2.75) is 68.8 Å². The van der Waals surface area contributed by atoms with E-state index in [1.54, 1.807) is 14.0 Å². The fourth-order valence-electron chi connectivity index (χ4n) is 4.05. The monoisotopic (exact) mass is 411 g/mol. The lowest BCUT2D eigenvalue weighted by Gasteiger charge is -2.27. The predicted molar refractivity (Wildman–Crippen MR) is 103 cm³/mol. The second-order valence-electron chi connectivity index (χ2n) is 7.51. The van der Waals surface area contributed by atoms with E-state index in [1.807, 2.05) is 0 Å². The van der Waals surface area contributed by atoms with Crippen LogP contribution in [0.4, 0.5) is 0 Å². The molecule has 1 aromatic heterocycles. The summed E-state index contributed by atoms with van der Waals surface area (Å²) < 4.78 is 34.0. The van der Waals surface area contributed by atoms with E-state index >= 15 is 0 Å². The Bertz CT molecular complexity index is 827. The average Bonchev–Trinajstić information content (AvgIpc) is 3.30. The van der Waals surface area contributed by atoms with Gasteiger partial charge in [-0.3, -0.25) is 4.79 Å². The number of nitrogens with zero attached hydrogens (tertiary/aromatic N) is 2. The zero-order chi connectivity index (χ0) is 20.3. The molecule has 1 atom stereocenters. The maximum absolute atomic E-state index is 13.2. The van der Waals surface area contributed by atoms with Crippen molar-refractivity contribution in [2.75, 3.05) is 13.2 Å². The third-order valence-electron chi connectivity index (χ3n) is 5.53. The highest BCUT2D eigenvalue weighted by Gasteiger charge is 2.40. The van der Waals surface area contributed by atoms with Crippen LogP contribution in [-0.4, -0.2) is 54.4 Å². The van der Waals surface area contributed by atoms with Gasteiger partial charge in [0.1, 0.15) is 16.6 Å². The molecule has 1 amide bonds. The van der Waals surface area contributed by atoms with Crippen molar-refractivity contribution in [3.05, 3.63) is 18.0 Å². The van der Waals surface area contributed by atoms with Crippen LogP contribution in [0.5, 0.6) is 0 Å². The molecule has 1 aliphatic heterocycles. The quantitative estimate of drug-likeness (QED) is 0.720. The normalized spacial score (nSPS) is 21.6. The van der Waals surface area contributed by atoms with Crippen molar-refractivity contribution >= 4 is 21.9 Å². The molecule has 2 heterocycles. The van der Waals surface area contributed by atoms with Crippen molar-refractivity contribution < 1.29 is 22.7 Å². The highest BCUT2D eigenvalue weighted by molar-refractivity contribution is 7.89. The van der Waals surface area contributed by atoms with Gasteiger partial charge in [0.25, 0.3) is 0 Å². The molecule has 0 bridgehead atoms. The molecule has 1 saturated heterocycles. The minimum Gasteiger partial charge on any atom is -0.461 e. The molecular weight excluding hydrogens is 382 g/mol. The number of sulfonamides is 1. The fraction of sp³-hybridized carbons (Fsp3) is 0.684. The van der Waals surface area contributed by atoms with Gasteiger partial charge in [0.2, 0.25) is 15.9 Å². The first-order chi connectivity index (χ1) is 13.3. The van der Waals surface area contributed by atoms with Gasteiger partial charge in [-0.05, 0) is 38.7 Å². The molecule has 1 N–H and O–H groups in total. The molecule has 0 aromatic carbocycles. The van der Waals surface area contributed by atoms with E-state index in [0.29, 0.717) is 19.4 Å². The van der Waals surface area contributed by atoms with E-state index in [-0.39, 0.29) is 29.1 Å². The summed E-state index contributed by atoms with van der Waals surface area (Å²) in [6, 6.07) is 0.763. The summed E-state index contributed by atoms with van der Waals surface area (Å²) in [5.74, 6) is -0.783. The lowest BCUT2D eigenvalue weighted by atomic mass is 9.95.